The summed E-state index contributed by atoms with van der Waals surface area (Å²) in [5, 5.41) is 4.76. The highest BCUT2D eigenvalue weighted by Gasteiger charge is 2.49. The molecular weight excluding hydrogens is 435 g/mol. The average Bonchev–Trinajstić information content (AvgIpc) is 3.48. The Morgan fingerprint density at radius 3 is 2.52 bits per heavy atom. The molecule has 2 saturated carbocycles. The molecule has 3 aliphatic rings. The summed E-state index contributed by atoms with van der Waals surface area (Å²) in [6.07, 6.45) is 0.133. The van der Waals surface area contributed by atoms with Gasteiger partial charge in [0.15, 0.2) is 11.6 Å². The first-order chi connectivity index (χ1) is 15.7. The van der Waals surface area contributed by atoms with Crippen LogP contribution in [0, 0.1) is 11.8 Å². The third-order valence-electron chi connectivity index (χ3n) is 7.37. The lowest BCUT2D eigenvalue weighted by molar-refractivity contribution is -0.274. The Labute approximate surface area is 191 Å². The monoisotopic (exact) mass is 465 g/mol. The number of ether oxygens (including phenoxy) is 2. The van der Waals surface area contributed by atoms with Crippen molar-refractivity contribution in [3.8, 4) is 17.0 Å². The summed E-state index contributed by atoms with van der Waals surface area (Å²) < 4.78 is 49.8. The molecule has 33 heavy (non-hydrogen) atoms. The van der Waals surface area contributed by atoms with Crippen LogP contribution in [0.2, 0.25) is 0 Å². The van der Waals surface area contributed by atoms with Gasteiger partial charge >= 0.3 is 6.36 Å². The van der Waals surface area contributed by atoms with Gasteiger partial charge in [-0.05, 0) is 57.1 Å². The van der Waals surface area contributed by atoms with Crippen LogP contribution in [0.5, 0.6) is 5.75 Å². The minimum Gasteiger partial charge on any atom is -0.402 e. The van der Waals surface area contributed by atoms with Crippen molar-refractivity contribution < 1.29 is 22.6 Å². The predicted molar refractivity (Wildman–Crippen MR) is 117 cm³/mol. The lowest BCUT2D eigenvalue weighted by Crippen LogP contribution is -2.46. The highest BCUT2D eigenvalue weighted by atomic mass is 19.4. The molecule has 1 saturated heterocycles. The number of fused-ring (bicyclic) bond motifs is 2. The number of rotatable bonds is 5. The van der Waals surface area contributed by atoms with E-state index in [1.807, 2.05) is 10.7 Å². The van der Waals surface area contributed by atoms with Gasteiger partial charge in [-0.3, -0.25) is 9.58 Å². The molecule has 2 aromatic heterocycles. The quantitative estimate of drug-likeness (QED) is 0.712. The molecule has 5 rings (SSSR count). The molecule has 0 amide bonds. The number of morpholine rings is 1. The molecule has 0 aromatic carbocycles. The second-order valence-corrected chi connectivity index (χ2v) is 9.70. The molecule has 0 radical (unpaired) electrons. The van der Waals surface area contributed by atoms with Crippen LogP contribution in [0.4, 0.5) is 19.0 Å². The molecule has 2 aliphatic carbocycles. The van der Waals surface area contributed by atoms with E-state index in [4.69, 9.17) is 15.6 Å². The summed E-state index contributed by atoms with van der Waals surface area (Å²) in [4.78, 5) is 6.50. The highest BCUT2D eigenvalue weighted by molar-refractivity contribution is 5.64. The fraction of sp³-hybridized carbons (Fsp3) is 0.652. The molecule has 10 heteroatoms. The van der Waals surface area contributed by atoms with Crippen LogP contribution in [0.25, 0.3) is 11.3 Å². The number of anilines is 1. The number of pyridine rings is 1. The van der Waals surface area contributed by atoms with Crippen LogP contribution < -0.4 is 10.5 Å². The van der Waals surface area contributed by atoms with Gasteiger partial charge in [0.25, 0.3) is 0 Å². The maximum absolute atomic E-state index is 12.8. The molecule has 2 unspecified atom stereocenters. The van der Waals surface area contributed by atoms with Crippen molar-refractivity contribution in [1.82, 2.24) is 19.7 Å². The third kappa shape index (κ3) is 4.42. The number of halogens is 3. The average molecular weight is 466 g/mol. The Balaban J connectivity index is 1.40. The van der Waals surface area contributed by atoms with E-state index in [9.17, 15) is 13.2 Å². The van der Waals surface area contributed by atoms with Crippen LogP contribution in [0.3, 0.4) is 0 Å². The van der Waals surface area contributed by atoms with Crippen molar-refractivity contribution in [3.05, 3.63) is 24.0 Å². The van der Waals surface area contributed by atoms with Crippen molar-refractivity contribution in [2.75, 3.05) is 32.0 Å². The van der Waals surface area contributed by atoms with Gasteiger partial charge in [0.1, 0.15) is 0 Å². The second kappa shape index (κ2) is 8.47. The zero-order chi connectivity index (χ0) is 23.3. The number of nitrogens with two attached hydrogens (primary N) is 1. The van der Waals surface area contributed by atoms with E-state index in [1.165, 1.54) is 25.1 Å². The van der Waals surface area contributed by atoms with E-state index in [2.05, 4.69) is 28.5 Å². The van der Waals surface area contributed by atoms with E-state index in [1.54, 1.807) is 0 Å². The second-order valence-electron chi connectivity index (χ2n) is 9.70. The number of alkyl halides is 3. The molecule has 180 valence electrons. The van der Waals surface area contributed by atoms with Crippen LogP contribution in [0.1, 0.15) is 50.8 Å². The Hall–Kier alpha value is -2.33. The molecule has 2 N–H and O–H groups in total. The molecule has 7 nitrogen and oxygen atoms in total. The number of hydrogen-bond acceptors (Lipinski definition) is 6. The van der Waals surface area contributed by atoms with E-state index in [-0.39, 0.29) is 11.9 Å². The summed E-state index contributed by atoms with van der Waals surface area (Å²) in [5.74, 6) is 0.861. The lowest BCUT2D eigenvalue weighted by atomic mass is 9.83. The third-order valence-corrected chi connectivity index (χ3v) is 7.37. The minimum absolute atomic E-state index is 0.135. The molecule has 1 aliphatic heterocycles. The fourth-order valence-corrected chi connectivity index (χ4v) is 6.01. The maximum Gasteiger partial charge on any atom is 0.573 e. The first kappa shape index (κ1) is 22.5. The smallest absolute Gasteiger partial charge is 0.402 e. The molecular formula is C23H30F3N5O2. The normalized spacial score (nSPS) is 28.1. The first-order valence-corrected chi connectivity index (χ1v) is 11.6. The Morgan fingerprint density at radius 2 is 1.88 bits per heavy atom. The maximum atomic E-state index is 12.8. The van der Waals surface area contributed by atoms with E-state index >= 15 is 0 Å². The van der Waals surface area contributed by atoms with Crippen LogP contribution >= 0.6 is 0 Å². The molecule has 2 aromatic rings. The van der Waals surface area contributed by atoms with Crippen molar-refractivity contribution in [3.63, 3.8) is 0 Å². The molecule has 3 fully saturated rings. The Bertz CT molecular complexity index is 1000. The largest absolute Gasteiger partial charge is 0.573 e. The zero-order valence-electron chi connectivity index (χ0n) is 18.9. The summed E-state index contributed by atoms with van der Waals surface area (Å²) in [6, 6.07) is 4.05. The minimum atomic E-state index is -4.84. The fourth-order valence-electron chi connectivity index (χ4n) is 6.01. The number of nitrogens with zero attached hydrogens (tertiary/aromatic N) is 4. The van der Waals surface area contributed by atoms with Gasteiger partial charge in [0.2, 0.25) is 0 Å². The van der Waals surface area contributed by atoms with E-state index in [0.717, 1.165) is 38.4 Å². The van der Waals surface area contributed by atoms with Gasteiger partial charge < -0.3 is 15.2 Å². The van der Waals surface area contributed by atoms with Crippen molar-refractivity contribution in [1.29, 1.82) is 0 Å². The molecule has 2 bridgehead atoms. The van der Waals surface area contributed by atoms with Gasteiger partial charge in [0, 0.05) is 48.5 Å². The lowest BCUT2D eigenvalue weighted by Gasteiger charge is -2.38. The van der Waals surface area contributed by atoms with Crippen LogP contribution in [-0.2, 0) is 4.74 Å². The van der Waals surface area contributed by atoms with Gasteiger partial charge in [-0.1, -0.05) is 0 Å². The highest BCUT2D eigenvalue weighted by Crippen LogP contribution is 2.55. The number of nitrogen functional groups attached to an aromatic ring is 1. The van der Waals surface area contributed by atoms with Crippen LogP contribution in [-0.4, -0.2) is 58.4 Å². The Kier molecular flexibility index (Phi) is 5.76. The van der Waals surface area contributed by atoms with Crippen molar-refractivity contribution in [2.45, 2.75) is 57.5 Å². The summed E-state index contributed by atoms with van der Waals surface area (Å²) in [6.45, 7) is 7.80. The number of hydrogen-bond donors (Lipinski definition) is 1. The Morgan fingerprint density at radius 1 is 1.12 bits per heavy atom. The van der Waals surface area contributed by atoms with Gasteiger partial charge in [-0.15, -0.1) is 13.2 Å². The predicted octanol–water partition coefficient (Wildman–Crippen LogP) is 4.22. The molecule has 4 atom stereocenters. The van der Waals surface area contributed by atoms with Gasteiger partial charge in [-0.25, -0.2) is 4.98 Å². The zero-order valence-corrected chi connectivity index (χ0v) is 18.9. The van der Waals surface area contributed by atoms with Crippen molar-refractivity contribution in [2.24, 2.45) is 11.8 Å². The van der Waals surface area contributed by atoms with Gasteiger partial charge in [-0.2, -0.15) is 5.10 Å². The summed E-state index contributed by atoms with van der Waals surface area (Å²) >= 11 is 0. The summed E-state index contributed by atoms with van der Waals surface area (Å²) in [7, 11) is 0. The van der Waals surface area contributed by atoms with Crippen LogP contribution in [0.15, 0.2) is 18.3 Å². The molecule has 0 spiro atoms. The SMILES string of the molecule is CC(C)n1nc(-c2cnc(N)c(OC(F)(F)F)c2)cc1[C@@H]1CC2C[C@H]1CC2N1CCOCC1. The van der Waals surface area contributed by atoms with E-state index < -0.39 is 12.1 Å². The van der Waals surface area contributed by atoms with Crippen molar-refractivity contribution >= 4 is 5.82 Å². The first-order valence-electron chi connectivity index (χ1n) is 11.6. The number of aromatic nitrogens is 3. The molecule has 3 heterocycles. The van der Waals surface area contributed by atoms with Gasteiger partial charge in [0.05, 0.1) is 18.9 Å². The topological polar surface area (TPSA) is 78.4 Å². The summed E-state index contributed by atoms with van der Waals surface area (Å²) in [5.41, 5.74) is 7.80. The standard InChI is InChI=1S/C23H30F3N5O2/c1-13(2)31-20(17-8-15-7-14(17)9-19(15)30-3-5-32-6-4-30)11-18(29-31)16-10-21(22(27)28-12-16)33-23(24,25)26/h10-15,17,19H,3-9H2,1-2H3,(H2,27,28)/t14-,15?,17+,19?/m0/s1. The van der Waals surface area contributed by atoms with E-state index in [0.29, 0.717) is 35.1 Å².